The standard InChI is InChI=1S/C12H9F3N2O2/c1-19-11(18)8-5-17-9-3-2-6(12(13,14)15)4-7(9)10(8)16/h2-5H,1H3,(H2,16,17). The maximum Gasteiger partial charge on any atom is 0.416 e. The number of alkyl halides is 3. The lowest BCUT2D eigenvalue weighted by atomic mass is 10.1. The number of methoxy groups -OCH3 is 1. The zero-order valence-electron chi connectivity index (χ0n) is 9.78. The van der Waals surface area contributed by atoms with Crippen LogP contribution in [0.5, 0.6) is 0 Å². The molecule has 2 aromatic rings. The normalized spacial score (nSPS) is 11.6. The maximum atomic E-state index is 12.6. The molecule has 0 saturated carbocycles. The molecule has 0 unspecified atom stereocenters. The molecule has 0 atom stereocenters. The Morgan fingerprint density at radius 1 is 1.37 bits per heavy atom. The summed E-state index contributed by atoms with van der Waals surface area (Å²) in [6.45, 7) is 0. The summed E-state index contributed by atoms with van der Waals surface area (Å²) in [7, 11) is 1.15. The van der Waals surface area contributed by atoms with Crippen LogP contribution in [0.2, 0.25) is 0 Å². The van der Waals surface area contributed by atoms with Crippen LogP contribution in [0, 0.1) is 0 Å². The summed E-state index contributed by atoms with van der Waals surface area (Å²) in [6, 6.07) is 2.98. The Labute approximate surface area is 106 Å². The van der Waals surface area contributed by atoms with E-state index in [0.717, 1.165) is 19.2 Å². The van der Waals surface area contributed by atoms with E-state index in [0.29, 0.717) is 0 Å². The lowest BCUT2D eigenvalue weighted by Gasteiger charge is -2.10. The first-order chi connectivity index (χ1) is 8.84. The summed E-state index contributed by atoms with van der Waals surface area (Å²) in [4.78, 5) is 15.3. The molecule has 0 spiro atoms. The third-order valence-corrected chi connectivity index (χ3v) is 2.64. The number of esters is 1. The number of nitrogens with zero attached hydrogens (tertiary/aromatic N) is 1. The summed E-state index contributed by atoms with van der Waals surface area (Å²) >= 11 is 0. The molecule has 1 aromatic heterocycles. The van der Waals surface area contributed by atoms with Gasteiger partial charge >= 0.3 is 12.1 Å². The third-order valence-electron chi connectivity index (χ3n) is 2.64. The molecule has 0 aliphatic rings. The molecule has 7 heteroatoms. The first kappa shape index (κ1) is 13.1. The van der Waals surface area contributed by atoms with Gasteiger partial charge in [-0.05, 0) is 18.2 Å². The molecule has 2 N–H and O–H groups in total. The fourth-order valence-electron chi connectivity index (χ4n) is 1.66. The summed E-state index contributed by atoms with van der Waals surface area (Å²) in [5.74, 6) is -0.746. The number of carbonyl (C=O) groups excluding carboxylic acids is 1. The van der Waals surface area contributed by atoms with E-state index >= 15 is 0 Å². The van der Waals surface area contributed by atoms with Gasteiger partial charge in [0.1, 0.15) is 5.56 Å². The number of halogens is 3. The molecule has 2 rings (SSSR count). The number of hydrogen-bond donors (Lipinski definition) is 1. The van der Waals surface area contributed by atoms with Gasteiger partial charge in [0.25, 0.3) is 0 Å². The van der Waals surface area contributed by atoms with E-state index in [4.69, 9.17) is 5.73 Å². The molecule has 100 valence electrons. The number of anilines is 1. The average molecular weight is 270 g/mol. The molecule has 0 bridgehead atoms. The SMILES string of the molecule is COC(=O)c1cnc2ccc(C(F)(F)F)cc2c1N. The average Bonchev–Trinajstić information content (AvgIpc) is 2.37. The van der Waals surface area contributed by atoms with Crippen molar-refractivity contribution in [1.29, 1.82) is 0 Å². The van der Waals surface area contributed by atoms with Crippen LogP contribution < -0.4 is 5.73 Å². The van der Waals surface area contributed by atoms with Gasteiger partial charge in [0, 0.05) is 11.6 Å². The lowest BCUT2D eigenvalue weighted by molar-refractivity contribution is -0.137. The largest absolute Gasteiger partial charge is 0.465 e. The number of aromatic nitrogens is 1. The summed E-state index contributed by atoms with van der Waals surface area (Å²) in [5, 5.41) is 0.0673. The molecule has 0 amide bonds. The van der Waals surface area contributed by atoms with Crippen molar-refractivity contribution in [1.82, 2.24) is 4.98 Å². The number of pyridine rings is 1. The van der Waals surface area contributed by atoms with Crippen LogP contribution >= 0.6 is 0 Å². The molecule has 0 fully saturated rings. The first-order valence-corrected chi connectivity index (χ1v) is 5.18. The Balaban J connectivity index is 2.69. The smallest absolute Gasteiger partial charge is 0.416 e. The highest BCUT2D eigenvalue weighted by atomic mass is 19.4. The molecule has 1 heterocycles. The van der Waals surface area contributed by atoms with Gasteiger partial charge in [0.2, 0.25) is 0 Å². The Morgan fingerprint density at radius 2 is 2.05 bits per heavy atom. The monoisotopic (exact) mass is 270 g/mol. The number of benzene rings is 1. The van der Waals surface area contributed by atoms with Crippen molar-refractivity contribution < 1.29 is 22.7 Å². The van der Waals surface area contributed by atoms with Crippen LogP contribution in [0.3, 0.4) is 0 Å². The van der Waals surface area contributed by atoms with E-state index in [1.165, 1.54) is 12.3 Å². The van der Waals surface area contributed by atoms with Crippen molar-refractivity contribution in [3.63, 3.8) is 0 Å². The second kappa shape index (κ2) is 4.42. The minimum atomic E-state index is -4.48. The Morgan fingerprint density at radius 3 is 2.63 bits per heavy atom. The van der Waals surface area contributed by atoms with Crippen LogP contribution in [-0.2, 0) is 10.9 Å². The lowest BCUT2D eigenvalue weighted by Crippen LogP contribution is -2.08. The third kappa shape index (κ3) is 2.31. The predicted molar refractivity (Wildman–Crippen MR) is 62.5 cm³/mol. The molecule has 0 aliphatic carbocycles. The quantitative estimate of drug-likeness (QED) is 0.809. The number of nitrogens with two attached hydrogens (primary N) is 1. The minimum absolute atomic E-state index is 0.0608. The second-order valence-corrected chi connectivity index (χ2v) is 3.81. The Bertz CT molecular complexity index is 653. The van der Waals surface area contributed by atoms with Crippen molar-refractivity contribution in [2.24, 2.45) is 0 Å². The number of ether oxygens (including phenoxy) is 1. The molecule has 0 saturated heterocycles. The van der Waals surface area contributed by atoms with E-state index in [2.05, 4.69) is 9.72 Å². The van der Waals surface area contributed by atoms with Gasteiger partial charge in [-0.1, -0.05) is 0 Å². The topological polar surface area (TPSA) is 65.2 Å². The Kier molecular flexibility index (Phi) is 3.05. The summed E-state index contributed by atoms with van der Waals surface area (Å²) in [6.07, 6.45) is -3.31. The van der Waals surface area contributed by atoms with Crippen LogP contribution in [0.4, 0.5) is 18.9 Å². The van der Waals surface area contributed by atoms with Crippen molar-refractivity contribution in [2.45, 2.75) is 6.18 Å². The van der Waals surface area contributed by atoms with Crippen LogP contribution in [0.25, 0.3) is 10.9 Å². The van der Waals surface area contributed by atoms with Gasteiger partial charge in [-0.15, -0.1) is 0 Å². The van der Waals surface area contributed by atoms with Gasteiger partial charge in [0.05, 0.1) is 23.9 Å². The molecular formula is C12H9F3N2O2. The zero-order chi connectivity index (χ0) is 14.2. The summed E-state index contributed by atoms with van der Waals surface area (Å²) in [5.41, 5.74) is 4.98. The van der Waals surface area contributed by atoms with Crippen molar-refractivity contribution >= 4 is 22.6 Å². The molecule has 1 aromatic carbocycles. The number of hydrogen-bond acceptors (Lipinski definition) is 4. The number of rotatable bonds is 1. The number of nitrogen functional groups attached to an aromatic ring is 1. The Hall–Kier alpha value is -2.31. The number of carbonyl (C=O) groups is 1. The highest BCUT2D eigenvalue weighted by Gasteiger charge is 2.31. The van der Waals surface area contributed by atoms with Crippen molar-refractivity contribution in [3.05, 3.63) is 35.5 Å². The summed E-state index contributed by atoms with van der Waals surface area (Å²) < 4.78 is 42.3. The van der Waals surface area contributed by atoms with Gasteiger partial charge in [-0.25, -0.2) is 4.79 Å². The van der Waals surface area contributed by atoms with E-state index in [1.807, 2.05) is 0 Å². The van der Waals surface area contributed by atoms with E-state index in [-0.39, 0.29) is 22.2 Å². The molecule has 0 aliphatic heterocycles. The van der Waals surface area contributed by atoms with Crippen LogP contribution in [-0.4, -0.2) is 18.1 Å². The van der Waals surface area contributed by atoms with Gasteiger partial charge < -0.3 is 10.5 Å². The van der Waals surface area contributed by atoms with Crippen molar-refractivity contribution in [3.8, 4) is 0 Å². The fourth-order valence-corrected chi connectivity index (χ4v) is 1.66. The molecule has 19 heavy (non-hydrogen) atoms. The second-order valence-electron chi connectivity index (χ2n) is 3.81. The molecule has 4 nitrogen and oxygen atoms in total. The molecule has 0 radical (unpaired) electrons. The van der Waals surface area contributed by atoms with Crippen LogP contribution in [0.1, 0.15) is 15.9 Å². The van der Waals surface area contributed by atoms with Gasteiger partial charge in [0.15, 0.2) is 0 Å². The van der Waals surface area contributed by atoms with E-state index < -0.39 is 17.7 Å². The van der Waals surface area contributed by atoms with Crippen molar-refractivity contribution in [2.75, 3.05) is 12.8 Å². The predicted octanol–water partition coefficient (Wildman–Crippen LogP) is 2.62. The van der Waals surface area contributed by atoms with E-state index in [9.17, 15) is 18.0 Å². The van der Waals surface area contributed by atoms with Crippen LogP contribution in [0.15, 0.2) is 24.4 Å². The highest BCUT2D eigenvalue weighted by molar-refractivity contribution is 6.04. The van der Waals surface area contributed by atoms with Gasteiger partial charge in [-0.2, -0.15) is 13.2 Å². The van der Waals surface area contributed by atoms with E-state index in [1.54, 1.807) is 0 Å². The zero-order valence-corrected chi connectivity index (χ0v) is 9.78. The first-order valence-electron chi connectivity index (χ1n) is 5.18. The molecular weight excluding hydrogens is 261 g/mol. The fraction of sp³-hybridized carbons (Fsp3) is 0.167. The maximum absolute atomic E-state index is 12.6. The highest BCUT2D eigenvalue weighted by Crippen LogP contribution is 2.33. The van der Waals surface area contributed by atoms with Gasteiger partial charge in [-0.3, -0.25) is 4.98 Å². The number of fused-ring (bicyclic) bond motifs is 1. The minimum Gasteiger partial charge on any atom is -0.465 e.